The zero-order valence-electron chi connectivity index (χ0n) is 16.0. The molecule has 29 heavy (non-hydrogen) atoms. The molecule has 3 N–H and O–H groups in total. The lowest BCUT2D eigenvalue weighted by molar-refractivity contribution is -0.115. The molecule has 0 radical (unpaired) electrons. The van der Waals surface area contributed by atoms with Crippen molar-refractivity contribution in [2.45, 2.75) is 38.1 Å². The van der Waals surface area contributed by atoms with Crippen LogP contribution in [0, 0.1) is 0 Å². The van der Waals surface area contributed by atoms with Gasteiger partial charge in [-0.1, -0.05) is 12.1 Å². The van der Waals surface area contributed by atoms with Crippen molar-refractivity contribution in [1.29, 1.82) is 0 Å². The van der Waals surface area contributed by atoms with Gasteiger partial charge in [-0.25, -0.2) is 4.98 Å². The van der Waals surface area contributed by atoms with E-state index >= 15 is 0 Å². The van der Waals surface area contributed by atoms with E-state index in [0.717, 1.165) is 34.9 Å². The van der Waals surface area contributed by atoms with Crippen molar-refractivity contribution in [2.75, 3.05) is 7.11 Å². The van der Waals surface area contributed by atoms with Crippen molar-refractivity contribution < 1.29 is 14.6 Å². The maximum Gasteiger partial charge on any atom is 0.257 e. The summed E-state index contributed by atoms with van der Waals surface area (Å²) >= 11 is 0. The van der Waals surface area contributed by atoms with Crippen molar-refractivity contribution in [2.24, 2.45) is 5.73 Å². The third-order valence-corrected chi connectivity index (χ3v) is 6.07. The minimum Gasteiger partial charge on any atom is -0.381 e. The molecule has 2 atom stereocenters. The number of ether oxygens (including phenoxy) is 1. The van der Waals surface area contributed by atoms with E-state index in [0.29, 0.717) is 24.2 Å². The summed E-state index contributed by atoms with van der Waals surface area (Å²) in [7, 11) is 1.47. The van der Waals surface area contributed by atoms with Crippen molar-refractivity contribution in [1.82, 2.24) is 9.55 Å². The van der Waals surface area contributed by atoms with Crippen LogP contribution in [-0.4, -0.2) is 28.1 Å². The molecule has 5 rings (SSSR count). The maximum atomic E-state index is 13.2. The van der Waals surface area contributed by atoms with Gasteiger partial charge < -0.3 is 24.9 Å². The Morgan fingerprint density at radius 3 is 3.03 bits per heavy atom. The number of rotatable bonds is 4. The fraction of sp³-hybridized carbons (Fsp3) is 0.318. The summed E-state index contributed by atoms with van der Waals surface area (Å²) in [6.45, 7) is 0.388. The monoisotopic (exact) mass is 391 g/mol. The molecule has 2 unspecified atom stereocenters. The number of nitrogens with zero attached hydrogens (tertiary/aromatic N) is 2. The molecule has 1 aliphatic carbocycles. The fourth-order valence-corrected chi connectivity index (χ4v) is 4.75. The molecular weight excluding hydrogens is 370 g/mol. The molecule has 1 aromatic carbocycles. The first-order chi connectivity index (χ1) is 14.0. The summed E-state index contributed by atoms with van der Waals surface area (Å²) in [5, 5.41) is 11.3. The number of aromatic nitrogens is 2. The number of methoxy groups -OCH3 is 1. The molecular formula is C22H21N3O4. The number of fused-ring (bicyclic) bond motifs is 4. The predicted molar refractivity (Wildman–Crippen MR) is 108 cm³/mol. The molecule has 7 heteroatoms. The summed E-state index contributed by atoms with van der Waals surface area (Å²) in [5.74, 6) is 0. The van der Waals surface area contributed by atoms with Crippen LogP contribution in [0.1, 0.15) is 46.4 Å². The van der Waals surface area contributed by atoms with Gasteiger partial charge in [0.1, 0.15) is 6.10 Å². The second kappa shape index (κ2) is 6.59. The predicted octanol–water partition coefficient (Wildman–Crippen LogP) is 1.75. The van der Waals surface area contributed by atoms with Crippen LogP contribution >= 0.6 is 0 Å². The van der Waals surface area contributed by atoms with E-state index in [1.807, 2.05) is 12.1 Å². The third kappa shape index (κ3) is 2.51. The zero-order chi connectivity index (χ0) is 20.3. The van der Waals surface area contributed by atoms with Gasteiger partial charge in [0.15, 0.2) is 6.29 Å². The number of aryl methyl sites for hydroxylation is 1. The van der Waals surface area contributed by atoms with Gasteiger partial charge in [0, 0.05) is 35.2 Å². The molecule has 1 aliphatic heterocycles. The SMILES string of the molecule is COCc1c(C(O)C=O)cc2n(c1=O)Cc1c-2nc2cccc3c2c1C(N)CC3. The van der Waals surface area contributed by atoms with E-state index in [2.05, 4.69) is 6.07 Å². The Hall–Kier alpha value is -2.87. The number of aldehydes is 1. The average molecular weight is 391 g/mol. The van der Waals surface area contributed by atoms with Crippen molar-refractivity contribution in [3.05, 3.63) is 62.4 Å². The molecule has 3 heterocycles. The van der Waals surface area contributed by atoms with Crippen molar-refractivity contribution in [3.63, 3.8) is 0 Å². The second-order valence-corrected chi connectivity index (χ2v) is 7.68. The molecule has 0 amide bonds. The van der Waals surface area contributed by atoms with Gasteiger partial charge in [0.05, 0.1) is 30.1 Å². The Labute approximate surface area is 166 Å². The number of hydrogen-bond donors (Lipinski definition) is 2. The minimum absolute atomic E-state index is 0.0155. The minimum atomic E-state index is -1.39. The Morgan fingerprint density at radius 2 is 2.28 bits per heavy atom. The van der Waals surface area contributed by atoms with Crippen LogP contribution < -0.4 is 11.3 Å². The molecule has 2 aliphatic rings. The van der Waals surface area contributed by atoms with Gasteiger partial charge in [0.25, 0.3) is 5.56 Å². The lowest BCUT2D eigenvalue weighted by Gasteiger charge is -2.25. The molecule has 7 nitrogen and oxygen atoms in total. The van der Waals surface area contributed by atoms with Crippen LogP contribution in [0.4, 0.5) is 0 Å². The molecule has 0 bridgehead atoms. The first kappa shape index (κ1) is 18.2. The Bertz CT molecular complexity index is 1230. The summed E-state index contributed by atoms with van der Waals surface area (Å²) in [6.07, 6.45) is 0.779. The molecule has 0 fully saturated rings. The number of carbonyl (C=O) groups is 1. The van der Waals surface area contributed by atoms with Gasteiger partial charge >= 0.3 is 0 Å². The first-order valence-corrected chi connectivity index (χ1v) is 9.64. The van der Waals surface area contributed by atoms with Crippen LogP contribution in [0.3, 0.4) is 0 Å². The molecule has 2 aromatic heterocycles. The molecule has 0 saturated carbocycles. The van der Waals surface area contributed by atoms with Crippen LogP contribution in [0.25, 0.3) is 22.3 Å². The standard InChI is InChI=1S/C22H21N3O4/c1-29-10-14-12(18(27)9-26)7-17-21-13(8-25(17)22(14)28)20-15(23)6-5-11-3-2-4-16(24-21)19(11)20/h2-4,7,9,15,18,27H,5-6,8,10,23H2,1H3. The van der Waals surface area contributed by atoms with Crippen molar-refractivity contribution in [3.8, 4) is 11.4 Å². The third-order valence-electron chi connectivity index (χ3n) is 6.07. The van der Waals surface area contributed by atoms with Crippen LogP contribution in [-0.2, 0) is 29.1 Å². The van der Waals surface area contributed by atoms with Crippen LogP contribution in [0.2, 0.25) is 0 Å². The number of nitrogens with two attached hydrogens (primary N) is 1. The summed E-state index contributed by atoms with van der Waals surface area (Å²) in [6, 6.07) is 7.62. The Kier molecular flexibility index (Phi) is 4.13. The highest BCUT2D eigenvalue weighted by Crippen LogP contribution is 2.42. The quantitative estimate of drug-likeness (QED) is 0.513. The second-order valence-electron chi connectivity index (χ2n) is 7.68. The summed E-state index contributed by atoms with van der Waals surface area (Å²) in [4.78, 5) is 29.3. The van der Waals surface area contributed by atoms with Gasteiger partial charge in [0.2, 0.25) is 0 Å². The molecule has 0 saturated heterocycles. The smallest absolute Gasteiger partial charge is 0.257 e. The average Bonchev–Trinajstić information content (AvgIpc) is 3.10. The van der Waals surface area contributed by atoms with E-state index in [1.54, 1.807) is 10.6 Å². The highest BCUT2D eigenvalue weighted by atomic mass is 16.5. The first-order valence-electron chi connectivity index (χ1n) is 9.64. The number of aliphatic hydroxyl groups excluding tert-OH is 1. The maximum absolute atomic E-state index is 13.2. The van der Waals surface area contributed by atoms with E-state index in [1.165, 1.54) is 12.7 Å². The summed E-state index contributed by atoms with van der Waals surface area (Å²) < 4.78 is 6.80. The molecule has 148 valence electrons. The number of aliphatic hydroxyl groups is 1. The Morgan fingerprint density at radius 1 is 1.45 bits per heavy atom. The number of hydrogen-bond acceptors (Lipinski definition) is 6. The Balaban J connectivity index is 1.84. The normalized spacial score (nSPS) is 17.8. The van der Waals surface area contributed by atoms with E-state index in [9.17, 15) is 14.7 Å². The lowest BCUT2D eigenvalue weighted by atomic mass is 9.84. The van der Waals surface area contributed by atoms with Crippen LogP contribution in [0.15, 0.2) is 29.1 Å². The largest absolute Gasteiger partial charge is 0.381 e. The lowest BCUT2D eigenvalue weighted by Crippen LogP contribution is -2.26. The van der Waals surface area contributed by atoms with E-state index in [-0.39, 0.29) is 29.3 Å². The van der Waals surface area contributed by atoms with Gasteiger partial charge in [-0.2, -0.15) is 0 Å². The van der Waals surface area contributed by atoms with Gasteiger partial charge in [-0.05, 0) is 36.1 Å². The van der Waals surface area contributed by atoms with Gasteiger partial charge in [-0.3, -0.25) is 4.79 Å². The highest BCUT2D eigenvalue weighted by molar-refractivity contribution is 5.92. The van der Waals surface area contributed by atoms with Crippen LogP contribution in [0.5, 0.6) is 0 Å². The van der Waals surface area contributed by atoms with Gasteiger partial charge in [-0.15, -0.1) is 0 Å². The van der Waals surface area contributed by atoms with E-state index in [4.69, 9.17) is 15.5 Å². The highest BCUT2D eigenvalue weighted by Gasteiger charge is 2.32. The number of carbonyl (C=O) groups excluding carboxylic acids is 1. The zero-order valence-corrected chi connectivity index (χ0v) is 16.0. The molecule has 3 aromatic rings. The fourth-order valence-electron chi connectivity index (χ4n) is 4.75. The van der Waals surface area contributed by atoms with E-state index < -0.39 is 6.10 Å². The summed E-state index contributed by atoms with van der Waals surface area (Å²) in [5.41, 5.74) is 12.2. The number of benzene rings is 1. The van der Waals surface area contributed by atoms with Crippen molar-refractivity contribution >= 4 is 17.2 Å². The topological polar surface area (TPSA) is 107 Å². The number of pyridine rings is 2. The molecule has 0 spiro atoms.